The van der Waals surface area contributed by atoms with Gasteiger partial charge in [0.25, 0.3) is 0 Å². The summed E-state index contributed by atoms with van der Waals surface area (Å²) in [4.78, 5) is 11.7. The average Bonchev–Trinajstić information content (AvgIpc) is 3.01. The Balaban J connectivity index is 2.27. The molecule has 3 rings (SSSR count). The summed E-state index contributed by atoms with van der Waals surface area (Å²) in [7, 11) is 1.29. The van der Waals surface area contributed by atoms with Gasteiger partial charge >= 0.3 is 5.97 Å². The van der Waals surface area contributed by atoms with Crippen LogP contribution in [0.25, 0.3) is 17.0 Å². The van der Waals surface area contributed by atoms with E-state index in [2.05, 4.69) is 10.2 Å². The molecule has 0 amide bonds. The molecule has 0 aliphatic heterocycles. The first kappa shape index (κ1) is 14.6. The van der Waals surface area contributed by atoms with E-state index in [1.54, 1.807) is 16.7 Å². The van der Waals surface area contributed by atoms with Crippen molar-refractivity contribution in [2.45, 2.75) is 0 Å². The highest BCUT2D eigenvalue weighted by Gasteiger charge is 2.18. The second kappa shape index (κ2) is 5.46. The molecule has 0 radical (unpaired) electrons. The topological polar surface area (TPSA) is 56.5 Å². The smallest absolute Gasteiger partial charge is 0.339 e. The fourth-order valence-electron chi connectivity index (χ4n) is 1.86. The van der Waals surface area contributed by atoms with Crippen molar-refractivity contribution in [1.29, 1.82) is 0 Å². The number of aromatic nitrogens is 3. The Kier molecular flexibility index (Phi) is 3.79. The summed E-state index contributed by atoms with van der Waals surface area (Å²) in [6.45, 7) is 0. The van der Waals surface area contributed by atoms with E-state index in [1.165, 1.54) is 24.5 Å². The quantitative estimate of drug-likeness (QED) is 0.641. The lowest BCUT2D eigenvalue weighted by Crippen LogP contribution is -2.03. The number of hydrogen-bond donors (Lipinski definition) is 0. The fourth-order valence-corrected chi connectivity index (χ4v) is 3.56. The molecule has 0 bridgehead atoms. The number of fused-ring (bicyclic) bond motifs is 1. The zero-order valence-electron chi connectivity index (χ0n) is 10.4. The van der Waals surface area contributed by atoms with Gasteiger partial charge in [-0.15, -0.1) is 21.5 Å². The maximum Gasteiger partial charge on any atom is 0.339 e. The summed E-state index contributed by atoms with van der Waals surface area (Å²) < 4.78 is 7.29. The Morgan fingerprint density at radius 2 is 2.05 bits per heavy atom. The minimum absolute atomic E-state index is 0.286. The molecule has 0 atom stereocenters. The molecule has 0 N–H and O–H groups in total. The van der Waals surface area contributed by atoms with Crippen LogP contribution in [0.15, 0.2) is 18.3 Å². The number of carbonyl (C=O) groups is 1. The van der Waals surface area contributed by atoms with Crippen molar-refractivity contribution in [2.75, 3.05) is 7.11 Å². The van der Waals surface area contributed by atoms with Crippen molar-refractivity contribution in [2.24, 2.45) is 0 Å². The molecule has 3 aromatic heterocycles. The summed E-state index contributed by atoms with van der Waals surface area (Å²) in [5.74, 6) is -0.0568. The predicted octanol–water partition coefficient (Wildman–Crippen LogP) is 4.20. The van der Waals surface area contributed by atoms with Crippen LogP contribution in [0.2, 0.25) is 13.7 Å². The lowest BCUT2D eigenvalue weighted by atomic mass is 10.2. The van der Waals surface area contributed by atoms with E-state index < -0.39 is 5.97 Å². The van der Waals surface area contributed by atoms with E-state index in [0.717, 1.165) is 0 Å². The Bertz CT molecular complexity index is 859. The number of nitrogens with zero attached hydrogens (tertiary/aromatic N) is 3. The largest absolute Gasteiger partial charge is 0.465 e. The lowest BCUT2D eigenvalue weighted by Gasteiger charge is -2.03. The van der Waals surface area contributed by atoms with Crippen LogP contribution in [-0.2, 0) is 4.74 Å². The molecule has 0 fully saturated rings. The molecule has 0 aliphatic rings. The number of ether oxygens (including phenoxy) is 1. The molecule has 0 aliphatic carbocycles. The third kappa shape index (κ3) is 2.48. The maximum absolute atomic E-state index is 11.7. The number of esters is 1. The van der Waals surface area contributed by atoms with E-state index in [1.807, 2.05) is 0 Å². The highest BCUT2D eigenvalue weighted by atomic mass is 35.5. The number of thiophene rings is 1. The first-order valence-electron chi connectivity index (χ1n) is 5.59. The molecule has 0 unspecified atom stereocenters. The van der Waals surface area contributed by atoms with Crippen molar-refractivity contribution in [3.63, 3.8) is 0 Å². The first-order chi connectivity index (χ1) is 10.0. The van der Waals surface area contributed by atoms with E-state index >= 15 is 0 Å². The van der Waals surface area contributed by atoms with Gasteiger partial charge in [-0.2, -0.15) is 0 Å². The molecular weight excluding hydrogens is 357 g/mol. The van der Waals surface area contributed by atoms with E-state index in [9.17, 15) is 4.79 Å². The lowest BCUT2D eigenvalue weighted by molar-refractivity contribution is 0.0600. The number of methoxy groups -OCH3 is 1. The molecule has 0 saturated carbocycles. The van der Waals surface area contributed by atoms with Crippen LogP contribution < -0.4 is 0 Å². The van der Waals surface area contributed by atoms with Crippen molar-refractivity contribution >= 4 is 57.8 Å². The van der Waals surface area contributed by atoms with Crippen LogP contribution in [0, 0.1) is 0 Å². The van der Waals surface area contributed by atoms with E-state index in [0.29, 0.717) is 25.7 Å². The van der Waals surface area contributed by atoms with Crippen LogP contribution >= 0.6 is 46.1 Å². The Morgan fingerprint density at radius 3 is 2.67 bits per heavy atom. The summed E-state index contributed by atoms with van der Waals surface area (Å²) in [6, 6.07) is 3.16. The third-order valence-electron chi connectivity index (χ3n) is 2.78. The van der Waals surface area contributed by atoms with Gasteiger partial charge < -0.3 is 4.74 Å². The van der Waals surface area contributed by atoms with Gasteiger partial charge in [0.2, 0.25) is 0 Å². The first-order valence-corrected chi connectivity index (χ1v) is 7.54. The Morgan fingerprint density at radius 1 is 1.29 bits per heavy atom. The monoisotopic (exact) mass is 361 g/mol. The summed E-state index contributed by atoms with van der Waals surface area (Å²) in [5, 5.41) is 8.36. The summed E-state index contributed by atoms with van der Waals surface area (Å²) >= 11 is 19.4. The van der Waals surface area contributed by atoms with Gasteiger partial charge in [-0.05, 0) is 12.1 Å². The van der Waals surface area contributed by atoms with Gasteiger partial charge in [0.15, 0.2) is 11.5 Å². The number of halogens is 3. The van der Waals surface area contributed by atoms with Crippen molar-refractivity contribution in [3.05, 3.63) is 37.6 Å². The van der Waals surface area contributed by atoms with Crippen LogP contribution in [-0.4, -0.2) is 27.7 Å². The van der Waals surface area contributed by atoms with Crippen molar-refractivity contribution < 1.29 is 9.53 Å². The fraction of sp³-hybridized carbons (Fsp3) is 0.0833. The second-order valence-electron chi connectivity index (χ2n) is 4.02. The van der Waals surface area contributed by atoms with Gasteiger partial charge in [0.05, 0.1) is 27.6 Å². The van der Waals surface area contributed by atoms with Crippen LogP contribution in [0.4, 0.5) is 0 Å². The standard InChI is InChI=1S/C12H6Cl3N3O2S/c1-20-12(19)5-2-7(13)11-17-16-10(18(11)4-5)6-3-8(14)21-9(6)15/h2-4H,1H3. The van der Waals surface area contributed by atoms with Crippen LogP contribution in [0.1, 0.15) is 10.4 Å². The molecule has 21 heavy (non-hydrogen) atoms. The molecule has 5 nitrogen and oxygen atoms in total. The molecular formula is C12H6Cl3N3O2S. The number of pyridine rings is 1. The Hall–Kier alpha value is -1.34. The second-order valence-corrected chi connectivity index (χ2v) is 6.72. The normalized spacial score (nSPS) is 11.0. The van der Waals surface area contributed by atoms with Gasteiger partial charge in [0, 0.05) is 6.20 Å². The molecule has 9 heteroatoms. The van der Waals surface area contributed by atoms with Crippen molar-refractivity contribution in [3.8, 4) is 11.4 Å². The molecule has 0 saturated heterocycles. The molecule has 0 aromatic carbocycles. The highest BCUT2D eigenvalue weighted by molar-refractivity contribution is 7.20. The minimum atomic E-state index is -0.507. The number of rotatable bonds is 2. The van der Waals surface area contributed by atoms with Gasteiger partial charge in [-0.25, -0.2) is 4.79 Å². The maximum atomic E-state index is 11.7. The highest BCUT2D eigenvalue weighted by Crippen LogP contribution is 2.37. The number of carbonyl (C=O) groups excluding carboxylic acids is 1. The summed E-state index contributed by atoms with van der Waals surface area (Å²) in [5.41, 5.74) is 1.32. The van der Waals surface area contributed by atoms with Crippen LogP contribution in [0.5, 0.6) is 0 Å². The molecule has 3 aromatic rings. The van der Waals surface area contributed by atoms with Gasteiger partial charge in [0.1, 0.15) is 4.34 Å². The SMILES string of the molecule is COC(=O)c1cc(Cl)c2nnc(-c3cc(Cl)sc3Cl)n2c1. The third-order valence-corrected chi connectivity index (χ3v) is 4.54. The molecule has 3 heterocycles. The summed E-state index contributed by atoms with van der Waals surface area (Å²) in [6.07, 6.45) is 1.55. The number of hydrogen-bond acceptors (Lipinski definition) is 5. The van der Waals surface area contributed by atoms with Gasteiger partial charge in [-0.1, -0.05) is 34.8 Å². The van der Waals surface area contributed by atoms with Crippen LogP contribution in [0.3, 0.4) is 0 Å². The molecule has 0 spiro atoms. The van der Waals surface area contributed by atoms with E-state index in [4.69, 9.17) is 39.5 Å². The molecule has 108 valence electrons. The van der Waals surface area contributed by atoms with Gasteiger partial charge in [-0.3, -0.25) is 4.40 Å². The predicted molar refractivity (Wildman–Crippen MR) is 82.7 cm³/mol. The average molecular weight is 363 g/mol. The zero-order valence-corrected chi connectivity index (χ0v) is 13.5. The van der Waals surface area contributed by atoms with E-state index in [-0.39, 0.29) is 10.6 Å². The Labute approximate surface area is 138 Å². The zero-order chi connectivity index (χ0) is 15.1. The minimum Gasteiger partial charge on any atom is -0.465 e. The van der Waals surface area contributed by atoms with Crippen molar-refractivity contribution in [1.82, 2.24) is 14.6 Å².